The minimum atomic E-state index is -0.391. The Morgan fingerprint density at radius 3 is 2.49 bits per heavy atom. The zero-order valence-corrected chi connectivity index (χ0v) is 23.7. The molecule has 0 aliphatic heterocycles. The molecule has 1 unspecified atom stereocenters. The predicted molar refractivity (Wildman–Crippen MR) is 151 cm³/mol. The number of hydrogen-bond donors (Lipinski definition) is 2. The van der Waals surface area contributed by atoms with Crippen molar-refractivity contribution in [1.29, 1.82) is 0 Å². The molecule has 2 N–H and O–H groups in total. The van der Waals surface area contributed by atoms with Gasteiger partial charge in [-0.25, -0.2) is 14.8 Å². The number of aromatic nitrogens is 2. The molecule has 2 aliphatic rings. The van der Waals surface area contributed by atoms with Gasteiger partial charge < -0.3 is 19.5 Å². The van der Waals surface area contributed by atoms with E-state index in [9.17, 15) is 14.4 Å². The number of aldehydes is 1. The molecule has 41 heavy (non-hydrogen) atoms. The van der Waals surface area contributed by atoms with Crippen LogP contribution in [0.25, 0.3) is 0 Å². The molecule has 2 amide bonds. The molecule has 0 bridgehead atoms. The lowest BCUT2D eigenvalue weighted by Crippen LogP contribution is -2.42. The maximum atomic E-state index is 13.2. The zero-order chi connectivity index (χ0) is 29.1. The third-order valence-corrected chi connectivity index (χ3v) is 7.88. The molecule has 0 spiro atoms. The first kappa shape index (κ1) is 28.2. The predicted octanol–water partition coefficient (Wildman–Crippen LogP) is 3.95. The summed E-state index contributed by atoms with van der Waals surface area (Å²) in [5, 5.41) is 13.2. The number of carbonyl (C=O) groups is 3. The van der Waals surface area contributed by atoms with Crippen LogP contribution < -0.4 is 14.8 Å². The molecule has 3 aromatic rings. The quantitative estimate of drug-likeness (QED) is 0.282. The standard InChI is InChI=1S/C30H35N5O6/c1-34(2)35(3)30(38)41-21-10-19(11-21)25-14-28(33-32-25)31-29(37)20-12-22-23(13-20)26(39-4)15-27(24(22)16-36)40-17-18-8-6-5-7-9-18/h5-9,14-16,19-21H,10-13,17H2,1-4H3,(H2,31,32,33,37). The number of nitrogens with one attached hydrogen (secondary N) is 2. The number of fused-ring (bicyclic) bond motifs is 1. The summed E-state index contributed by atoms with van der Waals surface area (Å²) < 4.78 is 17.1. The molecule has 2 aromatic carbocycles. The monoisotopic (exact) mass is 561 g/mol. The van der Waals surface area contributed by atoms with Crippen LogP contribution in [0.1, 0.15) is 51.5 Å². The topological polar surface area (TPSA) is 126 Å². The lowest BCUT2D eigenvalue weighted by molar-refractivity contribution is -0.119. The average molecular weight is 562 g/mol. The van der Waals surface area contributed by atoms with E-state index in [1.165, 1.54) is 5.01 Å². The van der Waals surface area contributed by atoms with Gasteiger partial charge in [-0.15, -0.1) is 0 Å². The number of carbonyl (C=O) groups excluding carboxylic acids is 3. The SMILES string of the molecule is COc1cc(OCc2ccccc2)c(C=O)c2c1CC(C(=O)Nc1cc(C3CC(OC(=O)N(C)N(C)C)C3)[nH]n1)C2. The highest BCUT2D eigenvalue weighted by Gasteiger charge is 2.36. The fourth-order valence-corrected chi connectivity index (χ4v) is 5.25. The Kier molecular flexibility index (Phi) is 8.25. The lowest BCUT2D eigenvalue weighted by Gasteiger charge is -2.35. The molecule has 2 aliphatic carbocycles. The minimum absolute atomic E-state index is 0.156. The van der Waals surface area contributed by atoms with Crippen molar-refractivity contribution in [1.82, 2.24) is 20.2 Å². The minimum Gasteiger partial charge on any atom is -0.496 e. The third-order valence-electron chi connectivity index (χ3n) is 7.88. The van der Waals surface area contributed by atoms with E-state index in [1.807, 2.05) is 36.4 Å². The molecule has 1 heterocycles. The van der Waals surface area contributed by atoms with E-state index < -0.39 is 6.09 Å². The number of amides is 2. The molecule has 11 nitrogen and oxygen atoms in total. The first-order chi connectivity index (χ1) is 19.8. The number of hydrazine groups is 1. The Balaban J connectivity index is 1.19. The Morgan fingerprint density at radius 1 is 1.07 bits per heavy atom. The summed E-state index contributed by atoms with van der Waals surface area (Å²) in [5.74, 6) is 1.07. The van der Waals surface area contributed by atoms with Crippen LogP contribution in [-0.4, -0.2) is 72.9 Å². The first-order valence-corrected chi connectivity index (χ1v) is 13.6. The second-order valence-electron chi connectivity index (χ2n) is 10.7. The molecule has 0 radical (unpaired) electrons. The number of nitrogens with zero attached hydrogens (tertiary/aromatic N) is 3. The van der Waals surface area contributed by atoms with Gasteiger partial charge >= 0.3 is 6.09 Å². The number of rotatable bonds is 10. The second-order valence-corrected chi connectivity index (χ2v) is 10.7. The van der Waals surface area contributed by atoms with Gasteiger partial charge in [0, 0.05) is 50.8 Å². The van der Waals surface area contributed by atoms with Crippen molar-refractivity contribution >= 4 is 24.1 Å². The lowest BCUT2D eigenvalue weighted by atomic mass is 9.80. The molecule has 1 atom stereocenters. The number of benzene rings is 2. The molecule has 1 aromatic heterocycles. The Bertz CT molecular complexity index is 1420. The largest absolute Gasteiger partial charge is 0.496 e. The van der Waals surface area contributed by atoms with Gasteiger partial charge in [-0.3, -0.25) is 14.7 Å². The van der Waals surface area contributed by atoms with Crippen molar-refractivity contribution in [3.8, 4) is 11.5 Å². The van der Waals surface area contributed by atoms with Gasteiger partial charge in [0.25, 0.3) is 0 Å². The van der Waals surface area contributed by atoms with E-state index in [4.69, 9.17) is 14.2 Å². The third kappa shape index (κ3) is 6.04. The van der Waals surface area contributed by atoms with Crippen LogP contribution in [-0.2, 0) is 29.0 Å². The summed E-state index contributed by atoms with van der Waals surface area (Å²) in [4.78, 5) is 37.5. The molecular formula is C30H35N5O6. The summed E-state index contributed by atoms with van der Waals surface area (Å²) >= 11 is 0. The second kappa shape index (κ2) is 12.0. The van der Waals surface area contributed by atoms with Crippen LogP contribution in [0, 0.1) is 5.92 Å². The van der Waals surface area contributed by atoms with E-state index >= 15 is 0 Å². The van der Waals surface area contributed by atoms with Crippen molar-refractivity contribution in [3.05, 3.63) is 70.4 Å². The van der Waals surface area contributed by atoms with E-state index in [-0.39, 0.29) is 23.8 Å². The molecule has 1 fully saturated rings. The average Bonchev–Trinajstić information content (AvgIpc) is 3.60. The van der Waals surface area contributed by atoms with Crippen LogP contribution >= 0.6 is 0 Å². The maximum Gasteiger partial charge on any atom is 0.424 e. The number of anilines is 1. The number of hydrogen-bond acceptors (Lipinski definition) is 8. The molecule has 0 saturated heterocycles. The van der Waals surface area contributed by atoms with E-state index in [1.54, 1.807) is 39.3 Å². The van der Waals surface area contributed by atoms with Crippen molar-refractivity contribution in [2.45, 2.75) is 44.3 Å². The van der Waals surface area contributed by atoms with Crippen LogP contribution in [0.15, 0.2) is 42.5 Å². The van der Waals surface area contributed by atoms with Gasteiger partial charge in [0.2, 0.25) is 5.91 Å². The van der Waals surface area contributed by atoms with E-state index in [0.717, 1.165) is 28.7 Å². The fraction of sp³-hybridized carbons (Fsp3) is 0.400. The highest BCUT2D eigenvalue weighted by atomic mass is 16.6. The summed E-state index contributed by atoms with van der Waals surface area (Å²) in [6.45, 7) is 0.312. The van der Waals surface area contributed by atoms with Gasteiger partial charge in [-0.2, -0.15) is 5.10 Å². The Morgan fingerprint density at radius 2 is 1.80 bits per heavy atom. The maximum absolute atomic E-state index is 13.2. The van der Waals surface area contributed by atoms with Gasteiger partial charge in [0.15, 0.2) is 12.1 Å². The van der Waals surface area contributed by atoms with Crippen molar-refractivity contribution in [2.75, 3.05) is 33.6 Å². The highest BCUT2D eigenvalue weighted by Crippen LogP contribution is 2.41. The van der Waals surface area contributed by atoms with Gasteiger partial charge in [0.1, 0.15) is 24.2 Å². The molecule has 5 rings (SSSR count). The van der Waals surface area contributed by atoms with Gasteiger partial charge in [-0.05, 0) is 42.4 Å². The van der Waals surface area contributed by atoms with Gasteiger partial charge in [0.05, 0.1) is 12.7 Å². The summed E-state index contributed by atoms with van der Waals surface area (Å²) in [6.07, 6.45) is 2.45. The highest BCUT2D eigenvalue weighted by molar-refractivity contribution is 5.94. The number of H-pyrrole nitrogens is 1. The van der Waals surface area contributed by atoms with Crippen molar-refractivity contribution < 1.29 is 28.6 Å². The molecule has 11 heteroatoms. The van der Waals surface area contributed by atoms with E-state index in [2.05, 4.69) is 15.5 Å². The smallest absolute Gasteiger partial charge is 0.424 e. The summed E-state index contributed by atoms with van der Waals surface area (Å²) in [5.41, 5.74) is 3.94. The van der Waals surface area contributed by atoms with E-state index in [0.29, 0.717) is 55.2 Å². The summed E-state index contributed by atoms with van der Waals surface area (Å²) in [6, 6.07) is 13.3. The fourth-order valence-electron chi connectivity index (χ4n) is 5.25. The van der Waals surface area contributed by atoms with Crippen molar-refractivity contribution in [2.24, 2.45) is 5.92 Å². The molecule has 1 saturated carbocycles. The van der Waals surface area contributed by atoms with Crippen molar-refractivity contribution in [3.63, 3.8) is 0 Å². The van der Waals surface area contributed by atoms with Crippen LogP contribution in [0.2, 0.25) is 0 Å². The van der Waals surface area contributed by atoms with Crippen LogP contribution in [0.5, 0.6) is 11.5 Å². The summed E-state index contributed by atoms with van der Waals surface area (Å²) in [7, 11) is 6.76. The molecular weight excluding hydrogens is 526 g/mol. The Labute approximate surface area is 238 Å². The first-order valence-electron chi connectivity index (χ1n) is 13.6. The molecule has 216 valence electrons. The van der Waals surface area contributed by atoms with Crippen LogP contribution in [0.3, 0.4) is 0 Å². The number of aromatic amines is 1. The Hall–Kier alpha value is -4.38. The normalized spacial score (nSPS) is 19.2. The number of ether oxygens (including phenoxy) is 3. The van der Waals surface area contributed by atoms with Crippen LogP contribution in [0.4, 0.5) is 10.6 Å². The van der Waals surface area contributed by atoms with Gasteiger partial charge in [-0.1, -0.05) is 30.3 Å². The number of methoxy groups -OCH3 is 1. The zero-order valence-electron chi connectivity index (χ0n) is 23.7.